The van der Waals surface area contributed by atoms with Gasteiger partial charge < -0.3 is 4.74 Å². The second kappa shape index (κ2) is 7.46. The second-order valence-corrected chi connectivity index (χ2v) is 2.90. The maximum Gasteiger partial charge on any atom is 0.138 e. The van der Waals surface area contributed by atoms with Crippen molar-refractivity contribution in [2.24, 2.45) is 0 Å². The molecule has 0 radical (unpaired) electrons. The summed E-state index contributed by atoms with van der Waals surface area (Å²) in [4.78, 5) is 0. The van der Waals surface area contributed by atoms with Crippen LogP contribution in [-0.4, -0.2) is 13.3 Å². The molecular weight excluding hydrogens is 222 g/mol. The third-order valence-corrected chi connectivity index (χ3v) is 2.09. The monoisotopic (exact) mass is 236 g/mol. The highest BCUT2D eigenvalue weighted by atomic mass is 35.5. The zero-order valence-electron chi connectivity index (χ0n) is 9.11. The second-order valence-electron chi connectivity index (χ2n) is 2.52. The minimum absolute atomic E-state index is 0.0647. The Kier molecular flexibility index (Phi) is 7.05. The molecule has 4 heteroatoms. The lowest BCUT2D eigenvalue weighted by molar-refractivity contribution is 0.273. The van der Waals surface area contributed by atoms with E-state index in [2.05, 4.69) is 0 Å². The molecule has 0 fully saturated rings. The molecule has 0 saturated heterocycles. The highest BCUT2D eigenvalue weighted by Gasteiger charge is 2.08. The van der Waals surface area contributed by atoms with E-state index in [1.54, 1.807) is 6.92 Å². The summed E-state index contributed by atoms with van der Waals surface area (Å²) in [5.74, 6) is -0.0733. The highest BCUT2D eigenvalue weighted by Crippen LogP contribution is 2.29. The summed E-state index contributed by atoms with van der Waals surface area (Å²) < 4.78 is 29.6. The molecule has 0 N–H and O–H groups in total. The summed E-state index contributed by atoms with van der Waals surface area (Å²) in [6.45, 7) is 4.89. The number of ether oxygens (including phenoxy) is 1. The normalized spacial score (nSPS) is 9.20. The predicted octanol–water partition coefficient (Wildman–Crippen LogP) is 4.16. The lowest BCUT2D eigenvalue weighted by atomic mass is 10.2. The predicted molar refractivity (Wildman–Crippen MR) is 59.0 cm³/mol. The van der Waals surface area contributed by atoms with E-state index in [0.29, 0.717) is 11.3 Å². The number of benzene rings is 1. The average Bonchev–Trinajstić information content (AvgIpc) is 2.28. The Balaban J connectivity index is 0.000000921. The van der Waals surface area contributed by atoms with Crippen molar-refractivity contribution in [1.29, 1.82) is 0 Å². The zero-order chi connectivity index (χ0) is 11.8. The van der Waals surface area contributed by atoms with Crippen LogP contribution in [-0.2, 0) is 0 Å². The van der Waals surface area contributed by atoms with Crippen molar-refractivity contribution in [3.05, 3.63) is 28.5 Å². The molecule has 86 valence electrons. The van der Waals surface area contributed by atoms with Gasteiger partial charge >= 0.3 is 0 Å². The molecule has 0 aliphatic heterocycles. The minimum atomic E-state index is -0.591. The van der Waals surface area contributed by atoms with Gasteiger partial charge in [0, 0.05) is 5.56 Å². The molecule has 0 aliphatic carbocycles. The Hall–Kier alpha value is -0.830. The molecular formula is C11H15ClF2O. The van der Waals surface area contributed by atoms with Crippen LogP contribution in [0.5, 0.6) is 5.75 Å². The Bertz CT molecular complexity index is 303. The molecule has 0 saturated carbocycles. The van der Waals surface area contributed by atoms with Crippen LogP contribution >= 0.6 is 11.6 Å². The third kappa shape index (κ3) is 4.04. The van der Waals surface area contributed by atoms with Crippen molar-refractivity contribution >= 4 is 11.6 Å². The average molecular weight is 237 g/mol. The summed E-state index contributed by atoms with van der Waals surface area (Å²) >= 11 is 5.75. The minimum Gasteiger partial charge on any atom is -0.489 e. The molecule has 1 aromatic carbocycles. The van der Waals surface area contributed by atoms with Gasteiger partial charge in [-0.15, -0.1) is 0 Å². The van der Waals surface area contributed by atoms with E-state index in [9.17, 15) is 8.78 Å². The van der Waals surface area contributed by atoms with Crippen LogP contribution in [0, 0.1) is 12.7 Å². The first-order valence-electron chi connectivity index (χ1n) is 4.80. The van der Waals surface area contributed by atoms with E-state index >= 15 is 0 Å². The molecule has 0 bridgehead atoms. The van der Waals surface area contributed by atoms with E-state index in [1.807, 2.05) is 13.8 Å². The van der Waals surface area contributed by atoms with Gasteiger partial charge in [0.1, 0.15) is 24.8 Å². The molecule has 0 aliphatic rings. The Labute approximate surface area is 94.0 Å². The molecule has 0 heterocycles. The fourth-order valence-electron chi connectivity index (χ4n) is 0.897. The molecule has 0 aromatic heterocycles. The van der Waals surface area contributed by atoms with Crippen LogP contribution < -0.4 is 4.74 Å². The van der Waals surface area contributed by atoms with Crippen molar-refractivity contribution in [2.75, 3.05) is 13.3 Å². The van der Waals surface area contributed by atoms with Gasteiger partial charge in [-0.3, -0.25) is 0 Å². The van der Waals surface area contributed by atoms with Gasteiger partial charge in [-0.05, 0) is 19.1 Å². The summed E-state index contributed by atoms with van der Waals surface area (Å²) in [5, 5.41) is 0.202. The zero-order valence-corrected chi connectivity index (χ0v) is 9.87. The third-order valence-electron chi connectivity index (χ3n) is 1.62. The fraction of sp³-hybridized carbons (Fsp3) is 0.455. The Morgan fingerprint density at radius 1 is 1.33 bits per heavy atom. The first-order chi connectivity index (χ1) is 7.16. The van der Waals surface area contributed by atoms with Gasteiger partial charge in [0.2, 0.25) is 0 Å². The van der Waals surface area contributed by atoms with Gasteiger partial charge in [-0.1, -0.05) is 25.4 Å². The smallest absolute Gasteiger partial charge is 0.138 e. The molecule has 1 aromatic rings. The fourth-order valence-corrected chi connectivity index (χ4v) is 1.10. The van der Waals surface area contributed by atoms with Gasteiger partial charge in [-0.2, -0.15) is 0 Å². The largest absolute Gasteiger partial charge is 0.489 e. The lowest BCUT2D eigenvalue weighted by Gasteiger charge is -2.08. The number of rotatable bonds is 3. The van der Waals surface area contributed by atoms with E-state index in [4.69, 9.17) is 16.3 Å². The number of hydrogen-bond acceptors (Lipinski definition) is 1. The summed E-state index contributed by atoms with van der Waals surface area (Å²) in [6, 6.07) is 2.63. The van der Waals surface area contributed by atoms with Crippen molar-refractivity contribution in [1.82, 2.24) is 0 Å². The summed E-state index contributed by atoms with van der Waals surface area (Å²) in [5.41, 5.74) is 0.318. The van der Waals surface area contributed by atoms with Gasteiger partial charge in [-0.25, -0.2) is 8.78 Å². The SMILES string of the molecule is CC.Cc1c(F)ccc(OCCF)c1Cl. The standard InChI is InChI=1S/C9H9ClF2O.C2H6/c1-6-7(12)2-3-8(9(6)10)13-5-4-11;1-2/h2-3H,4-5H2,1H3;1-2H3. The molecule has 0 spiro atoms. The first kappa shape index (κ1) is 14.2. The Morgan fingerprint density at radius 2 is 1.93 bits per heavy atom. The van der Waals surface area contributed by atoms with Gasteiger partial charge in [0.25, 0.3) is 0 Å². The van der Waals surface area contributed by atoms with Crippen molar-refractivity contribution in [3.63, 3.8) is 0 Å². The van der Waals surface area contributed by atoms with Crippen LogP contribution in [0.3, 0.4) is 0 Å². The van der Waals surface area contributed by atoms with Crippen LogP contribution in [0.2, 0.25) is 5.02 Å². The van der Waals surface area contributed by atoms with E-state index in [0.717, 1.165) is 0 Å². The first-order valence-corrected chi connectivity index (χ1v) is 5.18. The summed E-state index contributed by atoms with van der Waals surface area (Å²) in [6.07, 6.45) is 0. The van der Waals surface area contributed by atoms with E-state index in [1.165, 1.54) is 12.1 Å². The van der Waals surface area contributed by atoms with Crippen molar-refractivity contribution < 1.29 is 13.5 Å². The molecule has 0 atom stereocenters. The number of hydrogen-bond donors (Lipinski definition) is 0. The molecule has 0 amide bonds. The van der Waals surface area contributed by atoms with Crippen LogP contribution in [0.1, 0.15) is 19.4 Å². The van der Waals surface area contributed by atoms with Crippen molar-refractivity contribution in [3.8, 4) is 5.75 Å². The Morgan fingerprint density at radius 3 is 2.47 bits per heavy atom. The maximum absolute atomic E-state index is 12.9. The molecule has 1 rings (SSSR count). The molecule has 15 heavy (non-hydrogen) atoms. The molecule has 0 unspecified atom stereocenters. The van der Waals surface area contributed by atoms with Crippen LogP contribution in [0.4, 0.5) is 8.78 Å². The number of alkyl halides is 1. The molecule has 1 nitrogen and oxygen atoms in total. The van der Waals surface area contributed by atoms with E-state index in [-0.39, 0.29) is 11.6 Å². The maximum atomic E-state index is 12.9. The lowest BCUT2D eigenvalue weighted by Crippen LogP contribution is -2.00. The highest BCUT2D eigenvalue weighted by molar-refractivity contribution is 6.32. The van der Waals surface area contributed by atoms with Crippen LogP contribution in [0.25, 0.3) is 0 Å². The van der Waals surface area contributed by atoms with Crippen LogP contribution in [0.15, 0.2) is 12.1 Å². The van der Waals surface area contributed by atoms with Gasteiger partial charge in [0.15, 0.2) is 0 Å². The topological polar surface area (TPSA) is 9.23 Å². The van der Waals surface area contributed by atoms with Crippen molar-refractivity contribution in [2.45, 2.75) is 20.8 Å². The quantitative estimate of drug-likeness (QED) is 0.766. The number of halogens is 3. The van der Waals surface area contributed by atoms with Gasteiger partial charge in [0.05, 0.1) is 5.02 Å². The summed E-state index contributed by atoms with van der Waals surface area (Å²) in [7, 11) is 0. The van der Waals surface area contributed by atoms with E-state index < -0.39 is 12.5 Å².